The first-order valence-electron chi connectivity index (χ1n) is 4.32. The lowest BCUT2D eigenvalue weighted by molar-refractivity contribution is -0.384. The molecule has 88 valence electrons. The van der Waals surface area contributed by atoms with Gasteiger partial charge in [0.1, 0.15) is 5.02 Å². The Morgan fingerprint density at radius 1 is 1.53 bits per heavy atom. The lowest BCUT2D eigenvalue weighted by Gasteiger charge is -2.04. The zero-order valence-corrected chi connectivity index (χ0v) is 9.88. The fraction of sp³-hybridized carbons (Fsp3) is 0.100. The summed E-state index contributed by atoms with van der Waals surface area (Å²) in [5.41, 5.74) is -0.397. The van der Waals surface area contributed by atoms with Crippen molar-refractivity contribution >= 4 is 34.8 Å². The number of carbonyl (C=O) groups is 1. The molecule has 0 aliphatic carbocycles. The van der Waals surface area contributed by atoms with Gasteiger partial charge in [0.15, 0.2) is 0 Å². The maximum Gasteiger partial charge on any atom is 0.290 e. The minimum atomic E-state index is -0.716. The van der Waals surface area contributed by atoms with Crippen molar-refractivity contribution in [3.8, 4) is 12.3 Å². The van der Waals surface area contributed by atoms with Crippen molar-refractivity contribution in [3.05, 3.63) is 37.9 Å². The van der Waals surface area contributed by atoms with Gasteiger partial charge in [0.2, 0.25) is 0 Å². The van der Waals surface area contributed by atoms with Gasteiger partial charge in [-0.1, -0.05) is 29.1 Å². The van der Waals surface area contributed by atoms with Crippen LogP contribution in [0.3, 0.4) is 0 Å². The summed E-state index contributed by atoms with van der Waals surface area (Å²) in [4.78, 5) is 21.5. The molecule has 0 saturated carbocycles. The van der Waals surface area contributed by atoms with Crippen molar-refractivity contribution in [2.45, 2.75) is 0 Å². The second-order valence-corrected chi connectivity index (χ2v) is 3.72. The molecule has 5 nitrogen and oxygen atoms in total. The van der Waals surface area contributed by atoms with Crippen molar-refractivity contribution in [3.63, 3.8) is 0 Å². The largest absolute Gasteiger partial charge is 0.341 e. The predicted molar refractivity (Wildman–Crippen MR) is 64.3 cm³/mol. The van der Waals surface area contributed by atoms with Crippen LogP contribution in [0.2, 0.25) is 10.0 Å². The maximum atomic E-state index is 11.5. The smallest absolute Gasteiger partial charge is 0.290 e. The van der Waals surface area contributed by atoms with Gasteiger partial charge in [-0.3, -0.25) is 14.9 Å². The first kappa shape index (κ1) is 13.3. The van der Waals surface area contributed by atoms with Crippen molar-refractivity contribution in [2.24, 2.45) is 0 Å². The Labute approximate surface area is 107 Å². The summed E-state index contributed by atoms with van der Waals surface area (Å²) >= 11 is 11.3. The van der Waals surface area contributed by atoms with Crippen LogP contribution >= 0.6 is 23.2 Å². The molecule has 1 aromatic carbocycles. The molecular weight excluding hydrogens is 267 g/mol. The van der Waals surface area contributed by atoms with E-state index in [2.05, 4.69) is 11.2 Å². The molecule has 0 fully saturated rings. The molecule has 17 heavy (non-hydrogen) atoms. The van der Waals surface area contributed by atoms with Crippen LogP contribution in [0.25, 0.3) is 0 Å². The molecule has 0 spiro atoms. The van der Waals surface area contributed by atoms with E-state index in [0.29, 0.717) is 0 Å². The van der Waals surface area contributed by atoms with E-state index in [0.717, 1.165) is 6.07 Å². The quantitative estimate of drug-likeness (QED) is 0.521. The Morgan fingerprint density at radius 2 is 2.18 bits per heavy atom. The monoisotopic (exact) mass is 272 g/mol. The maximum absolute atomic E-state index is 11.5. The minimum Gasteiger partial charge on any atom is -0.341 e. The zero-order valence-electron chi connectivity index (χ0n) is 8.37. The number of carbonyl (C=O) groups excluding carboxylic acids is 1. The summed E-state index contributed by atoms with van der Waals surface area (Å²) in [5.74, 6) is 1.66. The number of nitrogens with one attached hydrogen (secondary N) is 1. The van der Waals surface area contributed by atoms with Gasteiger partial charge >= 0.3 is 0 Å². The average molecular weight is 273 g/mol. The fourth-order valence-electron chi connectivity index (χ4n) is 1.07. The highest BCUT2D eigenvalue weighted by Gasteiger charge is 2.19. The number of rotatable bonds is 3. The van der Waals surface area contributed by atoms with E-state index in [1.807, 2.05) is 0 Å². The van der Waals surface area contributed by atoms with Crippen LogP contribution in [0.1, 0.15) is 10.4 Å². The molecule has 0 saturated heterocycles. The van der Waals surface area contributed by atoms with Gasteiger partial charge in [-0.2, -0.15) is 0 Å². The Kier molecular flexibility index (Phi) is 4.32. The Morgan fingerprint density at radius 3 is 2.71 bits per heavy atom. The lowest BCUT2D eigenvalue weighted by Crippen LogP contribution is -2.23. The van der Waals surface area contributed by atoms with E-state index < -0.39 is 16.5 Å². The molecule has 1 N–H and O–H groups in total. The predicted octanol–water partition coefficient (Wildman–Crippen LogP) is 2.26. The third-order valence-corrected chi connectivity index (χ3v) is 2.61. The molecule has 0 atom stereocenters. The van der Waals surface area contributed by atoms with Crippen molar-refractivity contribution in [1.82, 2.24) is 5.32 Å². The summed E-state index contributed by atoms with van der Waals surface area (Å²) in [6, 6.07) is 2.28. The van der Waals surface area contributed by atoms with Crippen molar-refractivity contribution < 1.29 is 9.72 Å². The van der Waals surface area contributed by atoms with Gasteiger partial charge in [0, 0.05) is 11.6 Å². The number of halogens is 2. The Hall–Kier alpha value is -1.77. The van der Waals surface area contributed by atoms with Gasteiger partial charge in [-0.05, 0) is 6.07 Å². The molecule has 0 heterocycles. The van der Waals surface area contributed by atoms with E-state index >= 15 is 0 Å². The topological polar surface area (TPSA) is 72.2 Å². The Balaban J connectivity index is 3.15. The van der Waals surface area contributed by atoms with Crippen LogP contribution in [-0.2, 0) is 0 Å². The van der Waals surface area contributed by atoms with Crippen molar-refractivity contribution in [1.29, 1.82) is 0 Å². The average Bonchev–Trinajstić information content (AvgIpc) is 2.28. The highest BCUT2D eigenvalue weighted by Crippen LogP contribution is 2.32. The van der Waals surface area contributed by atoms with E-state index in [-0.39, 0.29) is 22.2 Å². The SMILES string of the molecule is C#CCNC(=O)c1cc(Cl)c(Cl)c([N+](=O)[O-])c1. The third kappa shape index (κ3) is 3.09. The van der Waals surface area contributed by atoms with Crippen molar-refractivity contribution in [2.75, 3.05) is 6.54 Å². The second kappa shape index (κ2) is 5.53. The summed E-state index contributed by atoms with van der Waals surface area (Å²) in [6.07, 6.45) is 4.97. The number of terminal acetylenes is 1. The normalized spacial score (nSPS) is 9.47. The van der Waals surface area contributed by atoms with Crippen LogP contribution in [-0.4, -0.2) is 17.4 Å². The van der Waals surface area contributed by atoms with Crippen LogP contribution in [0.4, 0.5) is 5.69 Å². The van der Waals surface area contributed by atoms with Crippen LogP contribution in [0, 0.1) is 22.5 Å². The molecular formula is C10H6Cl2N2O3. The molecule has 0 bridgehead atoms. The van der Waals surface area contributed by atoms with Crippen LogP contribution in [0.15, 0.2) is 12.1 Å². The molecule has 0 aromatic heterocycles. The number of hydrogen-bond donors (Lipinski definition) is 1. The minimum absolute atomic E-state index is 0.0207. The van der Waals surface area contributed by atoms with Crippen LogP contribution in [0.5, 0.6) is 0 Å². The molecule has 1 rings (SSSR count). The van der Waals surface area contributed by atoms with Gasteiger partial charge in [0.25, 0.3) is 11.6 Å². The van der Waals surface area contributed by atoms with Crippen LogP contribution < -0.4 is 5.32 Å². The standard InChI is InChI=1S/C10H6Cl2N2O3/c1-2-3-13-10(15)6-4-7(11)9(12)8(5-6)14(16)17/h1,4-5H,3H2,(H,13,15). The molecule has 1 amide bonds. The Bertz CT molecular complexity index is 523. The number of benzene rings is 1. The number of hydrogen-bond acceptors (Lipinski definition) is 3. The molecule has 0 aliphatic heterocycles. The first-order chi connectivity index (χ1) is 7.97. The highest BCUT2D eigenvalue weighted by molar-refractivity contribution is 6.43. The molecule has 0 aliphatic rings. The first-order valence-corrected chi connectivity index (χ1v) is 5.08. The number of nitro benzene ring substituents is 1. The second-order valence-electron chi connectivity index (χ2n) is 2.94. The molecule has 7 heteroatoms. The third-order valence-electron chi connectivity index (χ3n) is 1.82. The lowest BCUT2D eigenvalue weighted by atomic mass is 10.2. The van der Waals surface area contributed by atoms with E-state index in [1.54, 1.807) is 0 Å². The van der Waals surface area contributed by atoms with E-state index in [1.165, 1.54) is 6.07 Å². The van der Waals surface area contributed by atoms with E-state index in [4.69, 9.17) is 29.6 Å². The number of nitrogens with zero attached hydrogens (tertiary/aromatic N) is 1. The molecule has 0 radical (unpaired) electrons. The number of nitro groups is 1. The summed E-state index contributed by atoms with van der Waals surface area (Å²) in [5, 5.41) is 12.8. The van der Waals surface area contributed by atoms with Gasteiger partial charge in [-0.25, -0.2) is 0 Å². The molecule has 0 unspecified atom stereocenters. The highest BCUT2D eigenvalue weighted by atomic mass is 35.5. The van der Waals surface area contributed by atoms with Gasteiger partial charge < -0.3 is 5.32 Å². The summed E-state index contributed by atoms with van der Waals surface area (Å²) in [7, 11) is 0. The summed E-state index contributed by atoms with van der Waals surface area (Å²) < 4.78 is 0. The zero-order chi connectivity index (χ0) is 13.0. The number of amides is 1. The van der Waals surface area contributed by atoms with Gasteiger partial charge in [-0.15, -0.1) is 6.42 Å². The fourth-order valence-corrected chi connectivity index (χ4v) is 1.46. The molecule has 1 aromatic rings. The summed E-state index contributed by atoms with van der Waals surface area (Å²) in [6.45, 7) is 0.0207. The van der Waals surface area contributed by atoms with Gasteiger partial charge in [0.05, 0.1) is 16.5 Å². The van der Waals surface area contributed by atoms with E-state index in [9.17, 15) is 14.9 Å².